The Kier molecular flexibility index (Phi) is 5.12. The number of carbonyl (C=O) groups excluding carboxylic acids is 1. The number of nitrogens with one attached hydrogen (secondary N) is 1. The second-order valence-corrected chi connectivity index (χ2v) is 4.47. The monoisotopic (exact) mass is 323 g/mol. The van der Waals surface area contributed by atoms with Gasteiger partial charge in [0.2, 0.25) is 11.9 Å². The van der Waals surface area contributed by atoms with Crippen molar-refractivity contribution in [1.29, 1.82) is 0 Å². The van der Waals surface area contributed by atoms with Gasteiger partial charge in [0.05, 0.1) is 29.4 Å². The molecule has 0 saturated heterocycles. The van der Waals surface area contributed by atoms with Crippen molar-refractivity contribution in [3.05, 3.63) is 40.2 Å². The second kappa shape index (κ2) is 7.24. The van der Waals surface area contributed by atoms with Gasteiger partial charge in [0, 0.05) is 13.0 Å². The summed E-state index contributed by atoms with van der Waals surface area (Å²) in [5, 5.41) is 21.7. The number of nitro groups is 1. The fourth-order valence-corrected chi connectivity index (χ4v) is 1.71. The maximum absolute atomic E-state index is 13.6. The van der Waals surface area contributed by atoms with E-state index in [2.05, 4.69) is 20.7 Å². The van der Waals surface area contributed by atoms with Crippen LogP contribution in [0, 0.1) is 16.1 Å². The summed E-state index contributed by atoms with van der Waals surface area (Å²) in [7, 11) is 0. The van der Waals surface area contributed by atoms with E-state index in [1.54, 1.807) is 6.92 Å². The van der Waals surface area contributed by atoms with Gasteiger partial charge in [-0.3, -0.25) is 19.6 Å². The molecule has 0 saturated carbocycles. The summed E-state index contributed by atoms with van der Waals surface area (Å²) < 4.78 is 16.1. The molecule has 0 unspecified atom stereocenters. The van der Waals surface area contributed by atoms with E-state index in [0.717, 1.165) is 17.1 Å². The summed E-state index contributed by atoms with van der Waals surface area (Å²) in [6.07, 6.45) is 4.81. The Bertz CT molecular complexity index is 737. The zero-order valence-corrected chi connectivity index (χ0v) is 12.2. The van der Waals surface area contributed by atoms with Crippen molar-refractivity contribution in [3.8, 4) is 0 Å². The number of rotatable bonds is 7. The zero-order chi connectivity index (χ0) is 16.8. The van der Waals surface area contributed by atoms with E-state index in [1.165, 1.54) is 17.1 Å². The molecular weight excluding hydrogens is 309 g/mol. The minimum atomic E-state index is -0.571. The highest BCUT2D eigenvalue weighted by Crippen LogP contribution is 2.08. The molecule has 1 N–H and O–H groups in total. The molecule has 0 atom stereocenters. The molecule has 2 aromatic rings. The molecule has 23 heavy (non-hydrogen) atoms. The smallest absolute Gasteiger partial charge is 0.273 e. The van der Waals surface area contributed by atoms with Crippen LogP contribution in [0.3, 0.4) is 0 Å². The van der Waals surface area contributed by atoms with Gasteiger partial charge in [-0.25, -0.2) is 10.1 Å². The van der Waals surface area contributed by atoms with Gasteiger partial charge in [0.1, 0.15) is 12.4 Å². The standard InChI is InChI=1S/C12H14FN7O3/c1-2-19-12(13)9(6-16-19)5-14-17-11(21)3-4-18-8-10(7-15-18)20(22)23/h5-8H,2-4H2,1H3,(H,17,21)/b14-5-. The number of amides is 1. The van der Waals surface area contributed by atoms with Gasteiger partial charge in [0.15, 0.2) is 0 Å². The lowest BCUT2D eigenvalue weighted by Gasteiger charge is -2.00. The maximum atomic E-state index is 13.6. The number of nitrogens with zero attached hydrogens (tertiary/aromatic N) is 6. The predicted octanol–water partition coefficient (Wildman–Crippen LogP) is 0.687. The molecule has 2 heterocycles. The first-order valence-electron chi connectivity index (χ1n) is 6.71. The minimum Gasteiger partial charge on any atom is -0.273 e. The lowest BCUT2D eigenvalue weighted by atomic mass is 10.4. The largest absolute Gasteiger partial charge is 0.306 e. The molecule has 2 rings (SSSR count). The van der Waals surface area contributed by atoms with Crippen molar-refractivity contribution < 1.29 is 14.1 Å². The van der Waals surface area contributed by atoms with Crippen molar-refractivity contribution in [3.63, 3.8) is 0 Å². The lowest BCUT2D eigenvalue weighted by Crippen LogP contribution is -2.19. The van der Waals surface area contributed by atoms with E-state index in [-0.39, 0.29) is 24.2 Å². The van der Waals surface area contributed by atoms with Gasteiger partial charge in [-0.2, -0.15) is 19.7 Å². The molecule has 0 bridgehead atoms. The summed E-state index contributed by atoms with van der Waals surface area (Å²) in [5.74, 6) is -0.961. The van der Waals surface area contributed by atoms with Gasteiger partial charge in [-0.1, -0.05) is 0 Å². The number of hydrogen-bond donors (Lipinski definition) is 1. The Morgan fingerprint density at radius 2 is 2.30 bits per heavy atom. The lowest BCUT2D eigenvalue weighted by molar-refractivity contribution is -0.385. The third-order valence-electron chi connectivity index (χ3n) is 2.89. The van der Waals surface area contributed by atoms with Crippen LogP contribution in [0.25, 0.3) is 0 Å². The molecule has 2 aromatic heterocycles. The topological polar surface area (TPSA) is 120 Å². The Morgan fingerprint density at radius 3 is 2.91 bits per heavy atom. The summed E-state index contributed by atoms with van der Waals surface area (Å²) in [6, 6.07) is 0. The number of hydrazone groups is 1. The van der Waals surface area contributed by atoms with Crippen LogP contribution in [0.15, 0.2) is 23.7 Å². The van der Waals surface area contributed by atoms with Crippen LogP contribution in [-0.4, -0.2) is 36.6 Å². The molecule has 0 radical (unpaired) electrons. The molecule has 0 aliphatic heterocycles. The van der Waals surface area contributed by atoms with Crippen molar-refractivity contribution in [1.82, 2.24) is 25.0 Å². The van der Waals surface area contributed by atoms with Gasteiger partial charge in [-0.15, -0.1) is 0 Å². The Balaban J connectivity index is 1.81. The van der Waals surface area contributed by atoms with Crippen molar-refractivity contribution in [2.75, 3.05) is 0 Å². The summed E-state index contributed by atoms with van der Waals surface area (Å²) in [6.45, 7) is 2.30. The molecule has 0 aliphatic rings. The number of halogens is 1. The molecule has 122 valence electrons. The Hall–Kier alpha value is -3.11. The summed E-state index contributed by atoms with van der Waals surface area (Å²) in [5.41, 5.74) is 2.25. The zero-order valence-electron chi connectivity index (χ0n) is 12.2. The SMILES string of the molecule is CCn1ncc(/C=N\NC(=O)CCn2cc([N+](=O)[O-])cn2)c1F. The molecular formula is C12H14FN7O3. The maximum Gasteiger partial charge on any atom is 0.306 e. The molecule has 0 fully saturated rings. The third kappa shape index (κ3) is 4.18. The first kappa shape index (κ1) is 16.3. The highest BCUT2D eigenvalue weighted by atomic mass is 19.1. The first-order valence-corrected chi connectivity index (χ1v) is 6.71. The van der Waals surface area contributed by atoms with Crippen molar-refractivity contribution in [2.24, 2.45) is 5.10 Å². The van der Waals surface area contributed by atoms with Crippen LogP contribution < -0.4 is 5.43 Å². The highest BCUT2D eigenvalue weighted by Gasteiger charge is 2.10. The van der Waals surface area contributed by atoms with E-state index in [0.29, 0.717) is 6.54 Å². The average Bonchev–Trinajstić information content (AvgIpc) is 3.13. The van der Waals surface area contributed by atoms with E-state index in [4.69, 9.17) is 0 Å². The molecule has 10 nitrogen and oxygen atoms in total. The fourth-order valence-electron chi connectivity index (χ4n) is 1.71. The van der Waals surface area contributed by atoms with E-state index in [1.807, 2.05) is 0 Å². The Morgan fingerprint density at radius 1 is 1.52 bits per heavy atom. The van der Waals surface area contributed by atoms with Crippen LogP contribution in [0.4, 0.5) is 10.1 Å². The van der Waals surface area contributed by atoms with Crippen molar-refractivity contribution in [2.45, 2.75) is 26.4 Å². The van der Waals surface area contributed by atoms with Gasteiger partial charge < -0.3 is 0 Å². The van der Waals surface area contributed by atoms with E-state index < -0.39 is 16.8 Å². The quantitative estimate of drug-likeness (QED) is 0.456. The van der Waals surface area contributed by atoms with Crippen LogP contribution in [0.1, 0.15) is 18.9 Å². The number of aryl methyl sites for hydroxylation is 2. The highest BCUT2D eigenvalue weighted by molar-refractivity contribution is 5.82. The molecule has 0 aromatic carbocycles. The van der Waals surface area contributed by atoms with Crippen LogP contribution in [-0.2, 0) is 17.9 Å². The van der Waals surface area contributed by atoms with Gasteiger partial charge in [0.25, 0.3) is 0 Å². The normalized spacial score (nSPS) is 11.0. The van der Waals surface area contributed by atoms with Gasteiger partial charge >= 0.3 is 5.69 Å². The number of carbonyl (C=O) groups is 1. The average molecular weight is 323 g/mol. The van der Waals surface area contributed by atoms with Crippen LogP contribution in [0.2, 0.25) is 0 Å². The molecule has 1 amide bonds. The minimum absolute atomic E-state index is 0.0207. The van der Waals surface area contributed by atoms with Crippen molar-refractivity contribution >= 4 is 17.8 Å². The van der Waals surface area contributed by atoms with Crippen LogP contribution in [0.5, 0.6) is 0 Å². The van der Waals surface area contributed by atoms with E-state index >= 15 is 0 Å². The predicted molar refractivity (Wildman–Crippen MR) is 77.1 cm³/mol. The molecule has 0 spiro atoms. The summed E-state index contributed by atoms with van der Waals surface area (Å²) >= 11 is 0. The number of hydrogen-bond acceptors (Lipinski definition) is 6. The summed E-state index contributed by atoms with van der Waals surface area (Å²) in [4.78, 5) is 21.5. The van der Waals surface area contributed by atoms with E-state index in [9.17, 15) is 19.3 Å². The second-order valence-electron chi connectivity index (χ2n) is 4.47. The fraction of sp³-hybridized carbons (Fsp3) is 0.333. The number of aromatic nitrogens is 4. The molecule has 0 aliphatic carbocycles. The van der Waals surface area contributed by atoms with Crippen LogP contribution >= 0.6 is 0 Å². The molecule has 11 heteroatoms. The Labute approximate surface area is 129 Å². The third-order valence-corrected chi connectivity index (χ3v) is 2.89. The van der Waals surface area contributed by atoms with Gasteiger partial charge in [-0.05, 0) is 6.92 Å². The first-order chi connectivity index (χ1) is 11.0.